The highest BCUT2D eigenvalue weighted by Gasteiger charge is 2.29. The summed E-state index contributed by atoms with van der Waals surface area (Å²) in [5, 5.41) is 3.70. The molecule has 2 aromatic rings. The molecule has 23 heavy (non-hydrogen) atoms. The number of sulfonamides is 1. The van der Waals surface area contributed by atoms with E-state index in [0.717, 1.165) is 11.3 Å². The SMILES string of the molecule is COc1ccc2c(c1)C(C)CN(S(=O)(=O)Cc1ccon1)CC2. The number of rotatable bonds is 4. The molecule has 0 amide bonds. The van der Waals surface area contributed by atoms with E-state index in [4.69, 9.17) is 9.26 Å². The molecule has 1 aromatic carbocycles. The molecule has 1 atom stereocenters. The van der Waals surface area contributed by atoms with Crippen LogP contribution in [0.1, 0.15) is 29.7 Å². The molecule has 0 spiro atoms. The molecule has 0 fully saturated rings. The van der Waals surface area contributed by atoms with Crippen molar-refractivity contribution in [3.63, 3.8) is 0 Å². The van der Waals surface area contributed by atoms with Gasteiger partial charge in [0.05, 0.1) is 12.8 Å². The molecule has 0 bridgehead atoms. The third-order valence-electron chi connectivity index (χ3n) is 4.21. The molecule has 124 valence electrons. The van der Waals surface area contributed by atoms with Gasteiger partial charge >= 0.3 is 0 Å². The van der Waals surface area contributed by atoms with Crippen LogP contribution in [0.3, 0.4) is 0 Å². The largest absolute Gasteiger partial charge is 0.497 e. The zero-order valence-electron chi connectivity index (χ0n) is 13.2. The van der Waals surface area contributed by atoms with Gasteiger partial charge in [-0.3, -0.25) is 0 Å². The second-order valence-electron chi connectivity index (χ2n) is 5.82. The number of aromatic nitrogens is 1. The minimum absolute atomic E-state index is 0.106. The molecule has 1 unspecified atom stereocenters. The summed E-state index contributed by atoms with van der Waals surface area (Å²) in [5.41, 5.74) is 2.77. The van der Waals surface area contributed by atoms with Gasteiger partial charge in [0.15, 0.2) is 0 Å². The van der Waals surface area contributed by atoms with Crippen molar-refractivity contribution in [2.75, 3.05) is 20.2 Å². The molecule has 0 saturated carbocycles. The number of methoxy groups -OCH3 is 1. The number of hydrogen-bond acceptors (Lipinski definition) is 5. The summed E-state index contributed by atoms with van der Waals surface area (Å²) >= 11 is 0. The fraction of sp³-hybridized carbons (Fsp3) is 0.438. The normalized spacial score (nSPS) is 19.1. The van der Waals surface area contributed by atoms with Crippen molar-refractivity contribution in [2.45, 2.75) is 25.0 Å². The number of hydrogen-bond donors (Lipinski definition) is 0. The maximum atomic E-state index is 12.6. The molecule has 0 N–H and O–H groups in total. The summed E-state index contributed by atoms with van der Waals surface area (Å²) in [5.74, 6) is 0.778. The van der Waals surface area contributed by atoms with Crippen LogP contribution >= 0.6 is 0 Å². The Kier molecular flexibility index (Phi) is 4.41. The van der Waals surface area contributed by atoms with E-state index < -0.39 is 10.0 Å². The van der Waals surface area contributed by atoms with Crippen LogP contribution in [0.4, 0.5) is 0 Å². The molecule has 1 aliphatic heterocycles. The van der Waals surface area contributed by atoms with Crippen LogP contribution in [0, 0.1) is 0 Å². The van der Waals surface area contributed by atoms with Crippen LogP contribution in [-0.2, 0) is 22.2 Å². The van der Waals surface area contributed by atoms with E-state index in [1.807, 2.05) is 25.1 Å². The van der Waals surface area contributed by atoms with Crippen molar-refractivity contribution < 1.29 is 17.7 Å². The molecule has 3 rings (SSSR count). The van der Waals surface area contributed by atoms with E-state index in [1.54, 1.807) is 17.5 Å². The van der Waals surface area contributed by atoms with E-state index >= 15 is 0 Å². The first kappa shape index (κ1) is 16.0. The Morgan fingerprint density at radius 2 is 2.22 bits per heavy atom. The van der Waals surface area contributed by atoms with E-state index in [1.165, 1.54) is 11.8 Å². The number of benzene rings is 1. The molecular formula is C16H20N2O4S. The molecule has 7 heteroatoms. The molecular weight excluding hydrogens is 316 g/mol. The zero-order valence-corrected chi connectivity index (χ0v) is 14.0. The van der Waals surface area contributed by atoms with Gasteiger partial charge in [-0.1, -0.05) is 18.1 Å². The standard InChI is InChI=1S/C16H20N2O4S/c1-12-10-18(23(19,20)11-14-6-8-22-17-14)7-5-13-3-4-15(21-2)9-16(12)13/h3-4,6,8-9,12H,5,7,10-11H2,1-2H3. The second-order valence-corrected chi connectivity index (χ2v) is 7.79. The lowest BCUT2D eigenvalue weighted by Gasteiger charge is -2.22. The highest BCUT2D eigenvalue weighted by atomic mass is 32.2. The average Bonchev–Trinajstić information content (AvgIpc) is 2.96. The summed E-state index contributed by atoms with van der Waals surface area (Å²) in [4.78, 5) is 0. The maximum Gasteiger partial charge on any atom is 0.220 e. The van der Waals surface area contributed by atoms with Gasteiger partial charge in [-0.2, -0.15) is 0 Å². The minimum Gasteiger partial charge on any atom is -0.497 e. The van der Waals surface area contributed by atoms with Crippen molar-refractivity contribution >= 4 is 10.0 Å². The van der Waals surface area contributed by atoms with Crippen LogP contribution in [0.5, 0.6) is 5.75 Å². The lowest BCUT2D eigenvalue weighted by molar-refractivity contribution is 0.398. The van der Waals surface area contributed by atoms with Gasteiger partial charge in [0, 0.05) is 19.2 Å². The summed E-state index contributed by atoms with van der Waals surface area (Å²) in [6, 6.07) is 7.54. The molecule has 6 nitrogen and oxygen atoms in total. The smallest absolute Gasteiger partial charge is 0.220 e. The van der Waals surface area contributed by atoms with Crippen molar-refractivity contribution in [1.29, 1.82) is 0 Å². The van der Waals surface area contributed by atoms with E-state index in [9.17, 15) is 8.42 Å². The van der Waals surface area contributed by atoms with Gasteiger partial charge in [0.25, 0.3) is 0 Å². The Balaban J connectivity index is 1.83. The molecule has 0 aliphatic carbocycles. The van der Waals surface area contributed by atoms with Gasteiger partial charge in [0.1, 0.15) is 17.8 Å². The molecule has 0 radical (unpaired) electrons. The van der Waals surface area contributed by atoms with Crippen LogP contribution < -0.4 is 4.74 Å². The molecule has 0 saturated heterocycles. The summed E-state index contributed by atoms with van der Waals surface area (Å²) in [7, 11) is -1.78. The Morgan fingerprint density at radius 3 is 2.91 bits per heavy atom. The predicted molar refractivity (Wildman–Crippen MR) is 85.8 cm³/mol. The Morgan fingerprint density at radius 1 is 1.39 bits per heavy atom. The van der Waals surface area contributed by atoms with E-state index in [2.05, 4.69) is 5.16 Å². The van der Waals surface area contributed by atoms with Gasteiger partial charge < -0.3 is 9.26 Å². The fourth-order valence-electron chi connectivity index (χ4n) is 2.97. The van der Waals surface area contributed by atoms with Gasteiger partial charge in [0.2, 0.25) is 10.0 Å². The number of fused-ring (bicyclic) bond motifs is 1. The van der Waals surface area contributed by atoms with Crippen LogP contribution in [0.25, 0.3) is 0 Å². The lowest BCUT2D eigenvalue weighted by atomic mass is 9.95. The Labute approximate surface area is 136 Å². The number of nitrogens with zero attached hydrogens (tertiary/aromatic N) is 2. The van der Waals surface area contributed by atoms with Crippen molar-refractivity contribution in [2.24, 2.45) is 0 Å². The summed E-state index contributed by atoms with van der Waals surface area (Å²) in [6.07, 6.45) is 2.08. The maximum absolute atomic E-state index is 12.6. The van der Waals surface area contributed by atoms with Crippen LogP contribution in [0.2, 0.25) is 0 Å². The number of ether oxygens (including phenoxy) is 1. The van der Waals surface area contributed by atoms with E-state index in [-0.39, 0.29) is 11.7 Å². The highest BCUT2D eigenvalue weighted by Crippen LogP contribution is 2.30. The van der Waals surface area contributed by atoms with Gasteiger partial charge in [-0.25, -0.2) is 12.7 Å². The molecule has 2 heterocycles. The van der Waals surface area contributed by atoms with E-state index in [0.29, 0.717) is 25.2 Å². The Bertz CT molecular complexity index is 771. The first-order valence-electron chi connectivity index (χ1n) is 7.53. The monoisotopic (exact) mass is 336 g/mol. The first-order chi connectivity index (χ1) is 11.0. The summed E-state index contributed by atoms with van der Waals surface area (Å²) < 4.78 is 36.9. The van der Waals surface area contributed by atoms with Gasteiger partial charge in [-0.15, -0.1) is 0 Å². The van der Waals surface area contributed by atoms with Crippen molar-refractivity contribution in [3.8, 4) is 5.75 Å². The first-order valence-corrected chi connectivity index (χ1v) is 9.14. The minimum atomic E-state index is -3.42. The zero-order chi connectivity index (χ0) is 16.4. The van der Waals surface area contributed by atoms with Gasteiger partial charge in [-0.05, 0) is 35.6 Å². The molecule has 1 aromatic heterocycles. The average molecular weight is 336 g/mol. The predicted octanol–water partition coefficient (Wildman–Crippen LogP) is 2.17. The van der Waals surface area contributed by atoms with Crippen LogP contribution in [-0.4, -0.2) is 38.1 Å². The molecule has 1 aliphatic rings. The third-order valence-corrected chi connectivity index (χ3v) is 5.99. The highest BCUT2D eigenvalue weighted by molar-refractivity contribution is 7.88. The van der Waals surface area contributed by atoms with Crippen molar-refractivity contribution in [3.05, 3.63) is 47.3 Å². The second kappa shape index (κ2) is 6.33. The Hall–Kier alpha value is -1.86. The van der Waals surface area contributed by atoms with Crippen LogP contribution in [0.15, 0.2) is 35.1 Å². The third kappa shape index (κ3) is 3.40. The lowest BCUT2D eigenvalue weighted by Crippen LogP contribution is -2.35. The van der Waals surface area contributed by atoms with Crippen molar-refractivity contribution in [1.82, 2.24) is 9.46 Å². The summed E-state index contributed by atoms with van der Waals surface area (Å²) in [6.45, 7) is 2.98. The quantitative estimate of drug-likeness (QED) is 0.855. The topological polar surface area (TPSA) is 72.6 Å². The fourth-order valence-corrected chi connectivity index (χ4v) is 4.49.